The van der Waals surface area contributed by atoms with Crippen molar-refractivity contribution in [3.63, 3.8) is 0 Å². The van der Waals surface area contributed by atoms with Crippen LogP contribution in [0.4, 0.5) is 0 Å². The predicted molar refractivity (Wildman–Crippen MR) is 65.9 cm³/mol. The number of nitrogens with zero attached hydrogens (tertiary/aromatic N) is 1. The number of carboxylic acid groups (broad SMARTS) is 1. The van der Waals surface area contributed by atoms with Crippen LogP contribution in [0.3, 0.4) is 0 Å². The SMILES string of the molecule is CC(Oc1cccc(C(=O)O)c1)N1CCOCC1. The molecular weight excluding hydrogens is 234 g/mol. The quantitative estimate of drug-likeness (QED) is 0.877. The van der Waals surface area contributed by atoms with Gasteiger partial charge in [-0.2, -0.15) is 0 Å². The van der Waals surface area contributed by atoms with Gasteiger partial charge in [0.05, 0.1) is 18.8 Å². The molecule has 1 aliphatic rings. The van der Waals surface area contributed by atoms with Crippen LogP contribution in [0.15, 0.2) is 24.3 Å². The van der Waals surface area contributed by atoms with Crippen LogP contribution in [-0.2, 0) is 4.74 Å². The molecule has 0 aromatic heterocycles. The molecule has 1 aromatic rings. The monoisotopic (exact) mass is 251 g/mol. The highest BCUT2D eigenvalue weighted by atomic mass is 16.5. The van der Waals surface area contributed by atoms with Crippen molar-refractivity contribution in [3.8, 4) is 5.75 Å². The van der Waals surface area contributed by atoms with E-state index in [9.17, 15) is 4.79 Å². The number of aromatic carboxylic acids is 1. The molecule has 1 N–H and O–H groups in total. The summed E-state index contributed by atoms with van der Waals surface area (Å²) in [4.78, 5) is 13.0. The van der Waals surface area contributed by atoms with Crippen molar-refractivity contribution < 1.29 is 19.4 Å². The number of ether oxygens (including phenoxy) is 2. The maximum Gasteiger partial charge on any atom is 0.335 e. The van der Waals surface area contributed by atoms with E-state index in [0.29, 0.717) is 19.0 Å². The van der Waals surface area contributed by atoms with E-state index in [1.54, 1.807) is 24.3 Å². The number of carbonyl (C=O) groups is 1. The summed E-state index contributed by atoms with van der Waals surface area (Å²) in [6, 6.07) is 6.54. The van der Waals surface area contributed by atoms with Gasteiger partial charge < -0.3 is 14.6 Å². The zero-order valence-electron chi connectivity index (χ0n) is 10.3. The van der Waals surface area contributed by atoms with Crippen LogP contribution in [0.5, 0.6) is 5.75 Å². The Hall–Kier alpha value is -1.59. The fourth-order valence-corrected chi connectivity index (χ4v) is 1.91. The normalized spacial score (nSPS) is 18.3. The molecule has 0 amide bonds. The number of carboxylic acids is 1. The lowest BCUT2D eigenvalue weighted by molar-refractivity contribution is -0.0373. The Morgan fingerprint density at radius 2 is 2.17 bits per heavy atom. The molecule has 2 rings (SSSR count). The highest BCUT2D eigenvalue weighted by Crippen LogP contribution is 2.16. The second-order valence-electron chi connectivity index (χ2n) is 4.20. The molecule has 1 atom stereocenters. The molecule has 0 saturated carbocycles. The number of hydrogen-bond donors (Lipinski definition) is 1. The van der Waals surface area contributed by atoms with Crippen LogP contribution in [-0.4, -0.2) is 48.5 Å². The van der Waals surface area contributed by atoms with Gasteiger partial charge >= 0.3 is 5.97 Å². The fourth-order valence-electron chi connectivity index (χ4n) is 1.91. The van der Waals surface area contributed by atoms with E-state index in [1.165, 1.54) is 0 Å². The van der Waals surface area contributed by atoms with Crippen molar-refractivity contribution in [1.82, 2.24) is 4.90 Å². The van der Waals surface area contributed by atoms with Crippen LogP contribution in [0.1, 0.15) is 17.3 Å². The second-order valence-corrected chi connectivity index (χ2v) is 4.20. The van der Waals surface area contributed by atoms with Crippen LogP contribution in [0.25, 0.3) is 0 Å². The minimum atomic E-state index is -0.945. The van der Waals surface area contributed by atoms with E-state index in [0.717, 1.165) is 13.1 Å². The summed E-state index contributed by atoms with van der Waals surface area (Å²) in [5.41, 5.74) is 0.238. The first-order chi connectivity index (χ1) is 8.66. The molecule has 0 bridgehead atoms. The van der Waals surface area contributed by atoms with E-state index < -0.39 is 5.97 Å². The molecule has 0 radical (unpaired) electrons. The minimum Gasteiger partial charge on any atom is -0.478 e. The number of morpholine rings is 1. The topological polar surface area (TPSA) is 59.0 Å². The molecule has 1 fully saturated rings. The molecule has 98 valence electrons. The Kier molecular flexibility index (Phi) is 4.17. The predicted octanol–water partition coefficient (Wildman–Crippen LogP) is 1.44. The molecule has 0 spiro atoms. The van der Waals surface area contributed by atoms with Crippen molar-refractivity contribution in [1.29, 1.82) is 0 Å². The molecule has 5 heteroatoms. The molecule has 5 nitrogen and oxygen atoms in total. The Balaban J connectivity index is 1.99. The van der Waals surface area contributed by atoms with Gasteiger partial charge in [-0.3, -0.25) is 4.90 Å². The summed E-state index contributed by atoms with van der Waals surface area (Å²) in [6.45, 7) is 5.05. The Morgan fingerprint density at radius 3 is 2.83 bits per heavy atom. The summed E-state index contributed by atoms with van der Waals surface area (Å²) in [6.07, 6.45) is -0.0852. The van der Waals surface area contributed by atoms with Crippen LogP contribution in [0.2, 0.25) is 0 Å². The highest BCUT2D eigenvalue weighted by molar-refractivity contribution is 5.87. The van der Waals surface area contributed by atoms with Crippen molar-refractivity contribution in [2.24, 2.45) is 0 Å². The third-order valence-corrected chi connectivity index (χ3v) is 2.95. The summed E-state index contributed by atoms with van der Waals surface area (Å²) < 4.78 is 11.0. The molecule has 18 heavy (non-hydrogen) atoms. The second kappa shape index (κ2) is 5.84. The zero-order chi connectivity index (χ0) is 13.0. The highest BCUT2D eigenvalue weighted by Gasteiger charge is 2.18. The fraction of sp³-hybridized carbons (Fsp3) is 0.462. The van der Waals surface area contributed by atoms with Crippen molar-refractivity contribution in [2.75, 3.05) is 26.3 Å². The van der Waals surface area contributed by atoms with Gasteiger partial charge in [0, 0.05) is 13.1 Å². The lowest BCUT2D eigenvalue weighted by atomic mass is 10.2. The molecule has 1 unspecified atom stereocenters. The van der Waals surface area contributed by atoms with Crippen molar-refractivity contribution in [2.45, 2.75) is 13.2 Å². The Morgan fingerprint density at radius 1 is 1.44 bits per heavy atom. The average molecular weight is 251 g/mol. The summed E-state index contributed by atoms with van der Waals surface area (Å²) >= 11 is 0. The maximum absolute atomic E-state index is 10.9. The zero-order valence-corrected chi connectivity index (χ0v) is 10.3. The molecule has 0 aliphatic carbocycles. The summed E-state index contributed by atoms with van der Waals surface area (Å²) in [7, 11) is 0. The smallest absolute Gasteiger partial charge is 0.335 e. The number of hydrogen-bond acceptors (Lipinski definition) is 4. The van der Waals surface area contributed by atoms with Gasteiger partial charge in [0.25, 0.3) is 0 Å². The number of rotatable bonds is 4. The third kappa shape index (κ3) is 3.21. The van der Waals surface area contributed by atoms with Gasteiger partial charge in [-0.05, 0) is 25.1 Å². The van der Waals surface area contributed by atoms with Gasteiger partial charge in [-0.15, -0.1) is 0 Å². The van der Waals surface area contributed by atoms with Gasteiger partial charge in [-0.25, -0.2) is 4.79 Å². The van der Waals surface area contributed by atoms with E-state index in [1.807, 2.05) is 6.92 Å². The third-order valence-electron chi connectivity index (χ3n) is 2.95. The van der Waals surface area contributed by atoms with Crippen LogP contribution >= 0.6 is 0 Å². The van der Waals surface area contributed by atoms with Crippen molar-refractivity contribution >= 4 is 5.97 Å². The maximum atomic E-state index is 10.9. The summed E-state index contributed by atoms with van der Waals surface area (Å²) in [5.74, 6) is -0.367. The van der Waals surface area contributed by atoms with Gasteiger partial charge in [-0.1, -0.05) is 6.07 Å². The van der Waals surface area contributed by atoms with Gasteiger partial charge in [0.1, 0.15) is 12.0 Å². The van der Waals surface area contributed by atoms with Crippen LogP contribution < -0.4 is 4.74 Å². The average Bonchev–Trinajstić information content (AvgIpc) is 2.40. The number of benzene rings is 1. The lowest BCUT2D eigenvalue weighted by Crippen LogP contribution is -2.44. The van der Waals surface area contributed by atoms with E-state index >= 15 is 0 Å². The van der Waals surface area contributed by atoms with Gasteiger partial charge in [0.15, 0.2) is 0 Å². The molecule has 1 aromatic carbocycles. The van der Waals surface area contributed by atoms with E-state index in [2.05, 4.69) is 4.90 Å². The molecule has 1 saturated heterocycles. The van der Waals surface area contributed by atoms with E-state index in [-0.39, 0.29) is 11.8 Å². The molecule has 1 heterocycles. The first-order valence-corrected chi connectivity index (χ1v) is 5.98. The van der Waals surface area contributed by atoms with Crippen molar-refractivity contribution in [3.05, 3.63) is 29.8 Å². The van der Waals surface area contributed by atoms with E-state index in [4.69, 9.17) is 14.6 Å². The first kappa shape index (κ1) is 12.9. The summed E-state index contributed by atoms with van der Waals surface area (Å²) in [5, 5.41) is 8.91. The largest absolute Gasteiger partial charge is 0.478 e. The molecular formula is C13H17NO4. The minimum absolute atomic E-state index is 0.0852. The first-order valence-electron chi connectivity index (χ1n) is 5.98. The lowest BCUT2D eigenvalue weighted by Gasteiger charge is -2.32. The Bertz CT molecular complexity index is 415. The van der Waals surface area contributed by atoms with Crippen LogP contribution in [0, 0.1) is 0 Å². The standard InChI is InChI=1S/C13H17NO4/c1-10(14-5-7-17-8-6-14)18-12-4-2-3-11(9-12)13(15)16/h2-4,9-10H,5-8H2,1H3,(H,15,16). The van der Waals surface area contributed by atoms with Gasteiger partial charge in [0.2, 0.25) is 0 Å². The Labute approximate surface area is 106 Å². The molecule has 1 aliphatic heterocycles.